The molecule has 0 unspecified atom stereocenters. The molecule has 2 rings (SSSR count). The third kappa shape index (κ3) is 2.69. The summed E-state index contributed by atoms with van der Waals surface area (Å²) in [6.07, 6.45) is 6.32. The Labute approximate surface area is 110 Å². The van der Waals surface area contributed by atoms with Crippen LogP contribution in [0.4, 0.5) is 0 Å². The molecular weight excluding hydrogens is 228 g/mol. The van der Waals surface area contributed by atoms with Crippen LogP contribution in [0.25, 0.3) is 0 Å². The molecular formula is C14H26N2O2. The van der Waals surface area contributed by atoms with Gasteiger partial charge in [-0.25, -0.2) is 0 Å². The summed E-state index contributed by atoms with van der Waals surface area (Å²) in [7, 11) is 0. The minimum absolute atomic E-state index is 0.565. The number of nitrogens with zero attached hydrogens (tertiary/aromatic N) is 2. The second kappa shape index (κ2) is 6.02. The zero-order chi connectivity index (χ0) is 13.0. The van der Waals surface area contributed by atoms with Crippen LogP contribution >= 0.6 is 0 Å². The Morgan fingerprint density at radius 3 is 2.22 bits per heavy atom. The summed E-state index contributed by atoms with van der Waals surface area (Å²) < 4.78 is 0. The fraction of sp³-hybridized carbons (Fsp3) is 0.929. The highest BCUT2D eigenvalue weighted by molar-refractivity contribution is 5.79. The summed E-state index contributed by atoms with van der Waals surface area (Å²) in [5, 5.41) is 9.70. The lowest BCUT2D eigenvalue weighted by atomic mass is 9.84. The molecule has 0 radical (unpaired) electrons. The van der Waals surface area contributed by atoms with Crippen molar-refractivity contribution in [1.29, 1.82) is 0 Å². The molecule has 0 spiro atoms. The van der Waals surface area contributed by atoms with Crippen LogP contribution in [0, 0.1) is 0 Å². The highest BCUT2D eigenvalue weighted by Crippen LogP contribution is 2.32. The summed E-state index contributed by atoms with van der Waals surface area (Å²) in [6, 6.07) is 0. The Kier molecular flexibility index (Phi) is 4.62. The molecule has 0 aromatic carbocycles. The number of carbonyl (C=O) groups is 1. The third-order valence-electron chi connectivity index (χ3n) is 4.58. The summed E-state index contributed by atoms with van der Waals surface area (Å²) in [5.74, 6) is -0.597. The van der Waals surface area contributed by atoms with Crippen LogP contribution in [0.5, 0.6) is 0 Å². The highest BCUT2D eigenvalue weighted by atomic mass is 16.4. The number of carboxylic acid groups (broad SMARTS) is 1. The van der Waals surface area contributed by atoms with E-state index in [1.165, 1.54) is 6.42 Å². The molecule has 0 aromatic rings. The van der Waals surface area contributed by atoms with Crippen molar-refractivity contribution in [3.05, 3.63) is 0 Å². The first-order chi connectivity index (χ1) is 8.69. The molecule has 2 saturated heterocycles. The molecule has 0 amide bonds. The Morgan fingerprint density at radius 1 is 1.11 bits per heavy atom. The van der Waals surface area contributed by atoms with Gasteiger partial charge in [-0.05, 0) is 51.7 Å². The summed E-state index contributed by atoms with van der Waals surface area (Å²) in [4.78, 5) is 16.4. The van der Waals surface area contributed by atoms with E-state index < -0.39 is 11.5 Å². The standard InChI is InChI=1S/C14H26N2O2/c1-2-8-15-11-6-14(7-12-15,13(17)18)16-9-4-3-5-10-16/h2-12H2,1H3,(H,17,18). The number of likely N-dealkylation sites (tertiary alicyclic amines) is 2. The molecule has 4 heteroatoms. The van der Waals surface area contributed by atoms with Crippen molar-refractivity contribution < 1.29 is 9.90 Å². The van der Waals surface area contributed by atoms with Crippen molar-refractivity contribution in [2.24, 2.45) is 0 Å². The largest absolute Gasteiger partial charge is 0.480 e. The number of aliphatic carboxylic acids is 1. The van der Waals surface area contributed by atoms with E-state index in [9.17, 15) is 9.90 Å². The topological polar surface area (TPSA) is 43.8 Å². The molecule has 2 aliphatic rings. The molecule has 0 atom stereocenters. The molecule has 4 nitrogen and oxygen atoms in total. The van der Waals surface area contributed by atoms with Crippen LogP contribution in [0.2, 0.25) is 0 Å². The lowest BCUT2D eigenvalue weighted by Gasteiger charge is -2.47. The van der Waals surface area contributed by atoms with Gasteiger partial charge in [-0.3, -0.25) is 9.69 Å². The van der Waals surface area contributed by atoms with Gasteiger partial charge >= 0.3 is 5.97 Å². The minimum atomic E-state index is -0.597. The average molecular weight is 254 g/mol. The molecule has 104 valence electrons. The molecule has 0 saturated carbocycles. The van der Waals surface area contributed by atoms with E-state index >= 15 is 0 Å². The predicted octanol–water partition coefficient (Wildman–Crippen LogP) is 1.80. The lowest BCUT2D eigenvalue weighted by Crippen LogP contribution is -2.61. The van der Waals surface area contributed by atoms with E-state index in [2.05, 4.69) is 16.7 Å². The second-order valence-corrected chi connectivity index (χ2v) is 5.73. The van der Waals surface area contributed by atoms with E-state index in [-0.39, 0.29) is 0 Å². The van der Waals surface area contributed by atoms with Crippen molar-refractivity contribution in [1.82, 2.24) is 9.80 Å². The van der Waals surface area contributed by atoms with Gasteiger partial charge in [0, 0.05) is 13.1 Å². The van der Waals surface area contributed by atoms with Crippen molar-refractivity contribution in [3.8, 4) is 0 Å². The average Bonchev–Trinajstić information content (AvgIpc) is 2.41. The fourth-order valence-electron chi connectivity index (χ4n) is 3.45. The molecule has 0 bridgehead atoms. The van der Waals surface area contributed by atoms with Crippen LogP contribution in [-0.2, 0) is 4.79 Å². The van der Waals surface area contributed by atoms with Crippen molar-refractivity contribution in [2.75, 3.05) is 32.7 Å². The van der Waals surface area contributed by atoms with Crippen molar-refractivity contribution >= 4 is 5.97 Å². The van der Waals surface area contributed by atoms with Crippen molar-refractivity contribution in [3.63, 3.8) is 0 Å². The fourth-order valence-corrected chi connectivity index (χ4v) is 3.45. The van der Waals surface area contributed by atoms with Gasteiger partial charge in [0.2, 0.25) is 0 Å². The SMILES string of the molecule is CCCN1CCC(C(=O)O)(N2CCCCC2)CC1. The minimum Gasteiger partial charge on any atom is -0.480 e. The maximum atomic E-state index is 11.8. The van der Waals surface area contributed by atoms with Gasteiger partial charge in [0.1, 0.15) is 5.54 Å². The summed E-state index contributed by atoms with van der Waals surface area (Å²) >= 11 is 0. The maximum absolute atomic E-state index is 11.8. The molecule has 0 aromatic heterocycles. The van der Waals surface area contributed by atoms with Gasteiger partial charge in [-0.1, -0.05) is 13.3 Å². The van der Waals surface area contributed by atoms with Gasteiger partial charge in [0.15, 0.2) is 0 Å². The smallest absolute Gasteiger partial charge is 0.324 e. The normalized spacial score (nSPS) is 26.1. The van der Waals surface area contributed by atoms with E-state index in [0.29, 0.717) is 0 Å². The van der Waals surface area contributed by atoms with Gasteiger partial charge in [-0.2, -0.15) is 0 Å². The molecule has 2 heterocycles. The maximum Gasteiger partial charge on any atom is 0.324 e. The quantitative estimate of drug-likeness (QED) is 0.831. The first kappa shape index (κ1) is 13.8. The molecule has 2 aliphatic heterocycles. The second-order valence-electron chi connectivity index (χ2n) is 5.73. The van der Waals surface area contributed by atoms with Crippen LogP contribution in [0.3, 0.4) is 0 Å². The summed E-state index contributed by atoms with van der Waals surface area (Å²) in [5.41, 5.74) is -0.565. The molecule has 2 fully saturated rings. The van der Waals surface area contributed by atoms with Gasteiger partial charge in [-0.15, -0.1) is 0 Å². The first-order valence-corrected chi connectivity index (χ1v) is 7.40. The van der Waals surface area contributed by atoms with Crippen LogP contribution < -0.4 is 0 Å². The predicted molar refractivity (Wildman–Crippen MR) is 71.8 cm³/mol. The summed E-state index contributed by atoms with van der Waals surface area (Å²) in [6.45, 7) is 7.12. The van der Waals surface area contributed by atoms with Crippen LogP contribution in [0.15, 0.2) is 0 Å². The zero-order valence-electron chi connectivity index (χ0n) is 11.5. The Hall–Kier alpha value is -0.610. The Morgan fingerprint density at radius 2 is 1.72 bits per heavy atom. The van der Waals surface area contributed by atoms with E-state index in [1.54, 1.807) is 0 Å². The Bertz CT molecular complexity index is 280. The van der Waals surface area contributed by atoms with Crippen LogP contribution in [-0.4, -0.2) is 59.1 Å². The van der Waals surface area contributed by atoms with E-state index in [4.69, 9.17) is 0 Å². The van der Waals surface area contributed by atoms with E-state index in [1.807, 2.05) is 0 Å². The van der Waals surface area contributed by atoms with Gasteiger partial charge in [0.25, 0.3) is 0 Å². The van der Waals surface area contributed by atoms with Gasteiger partial charge in [0.05, 0.1) is 0 Å². The molecule has 18 heavy (non-hydrogen) atoms. The third-order valence-corrected chi connectivity index (χ3v) is 4.58. The van der Waals surface area contributed by atoms with Gasteiger partial charge < -0.3 is 10.0 Å². The molecule has 1 N–H and O–H groups in total. The first-order valence-electron chi connectivity index (χ1n) is 7.40. The monoisotopic (exact) mass is 254 g/mol. The Balaban J connectivity index is 2.02. The highest BCUT2D eigenvalue weighted by Gasteiger charge is 2.46. The zero-order valence-corrected chi connectivity index (χ0v) is 11.5. The van der Waals surface area contributed by atoms with Crippen molar-refractivity contribution in [2.45, 2.75) is 51.0 Å². The number of carboxylic acids is 1. The molecule has 0 aliphatic carbocycles. The number of rotatable bonds is 4. The lowest BCUT2D eigenvalue weighted by molar-refractivity contribution is -0.156. The number of hydrogen-bond acceptors (Lipinski definition) is 3. The number of hydrogen-bond donors (Lipinski definition) is 1. The van der Waals surface area contributed by atoms with Crippen LogP contribution in [0.1, 0.15) is 45.4 Å². The number of piperidine rings is 2. The van der Waals surface area contributed by atoms with E-state index in [0.717, 1.165) is 64.8 Å².